The van der Waals surface area contributed by atoms with E-state index in [4.69, 9.17) is 5.26 Å². The van der Waals surface area contributed by atoms with Gasteiger partial charge in [0.25, 0.3) is 5.91 Å². The Hall–Kier alpha value is -2.16. The van der Waals surface area contributed by atoms with Crippen LogP contribution in [0.15, 0.2) is 24.3 Å². The van der Waals surface area contributed by atoms with Crippen molar-refractivity contribution in [1.29, 1.82) is 5.26 Å². The van der Waals surface area contributed by atoms with Crippen LogP contribution >= 0.6 is 0 Å². The zero-order valence-corrected chi connectivity index (χ0v) is 10.8. The van der Waals surface area contributed by atoms with Gasteiger partial charge < -0.3 is 9.64 Å². The van der Waals surface area contributed by atoms with E-state index in [1.807, 2.05) is 0 Å². The van der Waals surface area contributed by atoms with E-state index >= 15 is 0 Å². The molecule has 106 valence electrons. The summed E-state index contributed by atoms with van der Waals surface area (Å²) in [4.78, 5) is 13.9. The number of hydrogen-bond acceptors (Lipinski definition) is 3. The quantitative estimate of drug-likeness (QED) is 0.855. The molecule has 6 heteroatoms. The van der Waals surface area contributed by atoms with Crippen molar-refractivity contribution in [2.75, 3.05) is 13.1 Å². The molecule has 20 heavy (non-hydrogen) atoms. The molecule has 0 unspecified atom stereocenters. The molecule has 0 aromatic heterocycles. The second-order valence-electron chi connectivity index (χ2n) is 4.57. The molecular weight excluding hydrogens is 266 g/mol. The van der Waals surface area contributed by atoms with Gasteiger partial charge in [0.05, 0.1) is 11.6 Å². The van der Waals surface area contributed by atoms with Gasteiger partial charge in [-0.2, -0.15) is 14.0 Å². The van der Waals surface area contributed by atoms with Crippen LogP contribution in [0.3, 0.4) is 0 Å². The van der Waals surface area contributed by atoms with E-state index in [-0.39, 0.29) is 23.1 Å². The smallest absolute Gasteiger partial charge is 0.387 e. The van der Waals surface area contributed by atoms with Crippen LogP contribution in [0.25, 0.3) is 0 Å². The first-order chi connectivity index (χ1) is 9.61. The predicted octanol–water partition coefficient (Wildman–Crippen LogP) is 2.66. The molecule has 0 bridgehead atoms. The number of nitrogens with zero attached hydrogens (tertiary/aromatic N) is 2. The molecule has 0 atom stereocenters. The van der Waals surface area contributed by atoms with Gasteiger partial charge in [-0.15, -0.1) is 0 Å². The van der Waals surface area contributed by atoms with E-state index < -0.39 is 6.61 Å². The number of rotatable bonds is 3. The van der Waals surface area contributed by atoms with Crippen molar-refractivity contribution in [2.45, 2.75) is 19.5 Å². The Balaban J connectivity index is 2.12. The minimum Gasteiger partial charge on any atom is -0.434 e. The normalized spacial score (nSPS) is 16.0. The van der Waals surface area contributed by atoms with Crippen LogP contribution in [0, 0.1) is 17.2 Å². The Morgan fingerprint density at radius 1 is 1.35 bits per heavy atom. The Morgan fingerprint density at radius 3 is 2.60 bits per heavy atom. The molecule has 1 amide bonds. The van der Waals surface area contributed by atoms with Crippen LogP contribution in [-0.4, -0.2) is 30.5 Å². The summed E-state index contributed by atoms with van der Waals surface area (Å²) in [7, 11) is 0. The number of carbonyl (C=O) groups is 1. The van der Waals surface area contributed by atoms with Gasteiger partial charge in [-0.05, 0) is 25.0 Å². The standard InChI is InChI=1S/C14H14F2N2O2/c15-14(16)20-12-4-2-1-3-11(12)13(19)18-7-5-10(9-17)6-8-18/h1-4,10,14H,5-8H2. The molecule has 1 aromatic rings. The number of ether oxygens (including phenoxy) is 1. The second-order valence-corrected chi connectivity index (χ2v) is 4.57. The van der Waals surface area contributed by atoms with Crippen molar-refractivity contribution >= 4 is 5.91 Å². The third kappa shape index (κ3) is 3.23. The lowest BCUT2D eigenvalue weighted by atomic mass is 9.98. The van der Waals surface area contributed by atoms with Gasteiger partial charge in [0.2, 0.25) is 0 Å². The molecule has 1 saturated heterocycles. The highest BCUT2D eigenvalue weighted by Gasteiger charge is 2.25. The average Bonchev–Trinajstić information content (AvgIpc) is 2.46. The fourth-order valence-corrected chi connectivity index (χ4v) is 2.22. The summed E-state index contributed by atoms with van der Waals surface area (Å²) in [6, 6.07) is 8.14. The lowest BCUT2D eigenvalue weighted by Gasteiger charge is -2.29. The lowest BCUT2D eigenvalue weighted by Crippen LogP contribution is -2.38. The molecule has 0 radical (unpaired) electrons. The Kier molecular flexibility index (Phi) is 4.51. The van der Waals surface area contributed by atoms with E-state index in [0.29, 0.717) is 25.9 Å². The van der Waals surface area contributed by atoms with Crippen LogP contribution in [-0.2, 0) is 0 Å². The molecule has 0 spiro atoms. The number of benzene rings is 1. The maximum atomic E-state index is 12.3. The molecular formula is C14H14F2N2O2. The van der Waals surface area contributed by atoms with Crippen molar-refractivity contribution in [2.24, 2.45) is 5.92 Å². The summed E-state index contributed by atoms with van der Waals surface area (Å²) in [6.45, 7) is -2.05. The summed E-state index contributed by atoms with van der Waals surface area (Å²) in [6.07, 6.45) is 1.22. The topological polar surface area (TPSA) is 53.3 Å². The number of para-hydroxylation sites is 1. The monoisotopic (exact) mass is 280 g/mol. The molecule has 1 aliphatic heterocycles. The predicted molar refractivity (Wildman–Crippen MR) is 67.3 cm³/mol. The van der Waals surface area contributed by atoms with Crippen molar-refractivity contribution in [1.82, 2.24) is 4.90 Å². The van der Waals surface area contributed by atoms with Crippen LogP contribution in [0.4, 0.5) is 8.78 Å². The Bertz CT molecular complexity index is 520. The molecule has 1 fully saturated rings. The number of nitriles is 1. The van der Waals surface area contributed by atoms with E-state index in [0.717, 1.165) is 0 Å². The highest BCUT2D eigenvalue weighted by molar-refractivity contribution is 5.97. The summed E-state index contributed by atoms with van der Waals surface area (Å²) in [5, 5.41) is 8.82. The molecule has 0 N–H and O–H groups in total. The third-order valence-corrected chi connectivity index (χ3v) is 3.30. The van der Waals surface area contributed by atoms with Crippen molar-refractivity contribution in [3.63, 3.8) is 0 Å². The van der Waals surface area contributed by atoms with Gasteiger partial charge in [0.15, 0.2) is 0 Å². The van der Waals surface area contributed by atoms with E-state index in [1.54, 1.807) is 11.0 Å². The largest absolute Gasteiger partial charge is 0.434 e. The minimum absolute atomic E-state index is 0.0355. The highest BCUT2D eigenvalue weighted by Crippen LogP contribution is 2.24. The molecule has 1 heterocycles. The van der Waals surface area contributed by atoms with Crippen molar-refractivity contribution in [3.05, 3.63) is 29.8 Å². The number of halogens is 2. The highest BCUT2D eigenvalue weighted by atomic mass is 19.3. The first-order valence-electron chi connectivity index (χ1n) is 6.34. The number of alkyl halides is 2. The molecule has 2 rings (SSSR count). The first-order valence-corrected chi connectivity index (χ1v) is 6.34. The number of amides is 1. The Labute approximate surface area is 115 Å². The second kappa shape index (κ2) is 6.33. The number of likely N-dealkylation sites (tertiary alicyclic amines) is 1. The fourth-order valence-electron chi connectivity index (χ4n) is 2.22. The van der Waals surface area contributed by atoms with Crippen LogP contribution in [0.1, 0.15) is 23.2 Å². The van der Waals surface area contributed by atoms with Gasteiger partial charge in [-0.25, -0.2) is 0 Å². The number of hydrogen-bond donors (Lipinski definition) is 0. The average molecular weight is 280 g/mol. The SMILES string of the molecule is N#CC1CCN(C(=O)c2ccccc2OC(F)F)CC1. The van der Waals surface area contributed by atoms with E-state index in [1.165, 1.54) is 18.2 Å². The Morgan fingerprint density at radius 2 is 2.00 bits per heavy atom. The fraction of sp³-hybridized carbons (Fsp3) is 0.429. The van der Waals surface area contributed by atoms with Gasteiger partial charge in [0.1, 0.15) is 5.75 Å². The number of piperidine rings is 1. The maximum Gasteiger partial charge on any atom is 0.387 e. The zero-order valence-electron chi connectivity index (χ0n) is 10.8. The summed E-state index contributed by atoms with van der Waals surface area (Å²) in [5.74, 6) is -0.487. The molecule has 1 aliphatic rings. The van der Waals surface area contributed by atoms with Gasteiger partial charge in [0, 0.05) is 19.0 Å². The molecule has 0 saturated carbocycles. The van der Waals surface area contributed by atoms with Gasteiger partial charge in [-0.1, -0.05) is 12.1 Å². The first kappa shape index (κ1) is 14.3. The summed E-state index contributed by atoms with van der Waals surface area (Å²) >= 11 is 0. The van der Waals surface area contributed by atoms with Crippen molar-refractivity contribution < 1.29 is 18.3 Å². The maximum absolute atomic E-state index is 12.3. The van der Waals surface area contributed by atoms with Gasteiger partial charge in [-0.3, -0.25) is 4.79 Å². The van der Waals surface area contributed by atoms with Crippen LogP contribution in [0.5, 0.6) is 5.75 Å². The van der Waals surface area contributed by atoms with Gasteiger partial charge >= 0.3 is 6.61 Å². The molecule has 4 nitrogen and oxygen atoms in total. The summed E-state index contributed by atoms with van der Waals surface area (Å²) in [5.41, 5.74) is 0.128. The summed E-state index contributed by atoms with van der Waals surface area (Å²) < 4.78 is 29.0. The van der Waals surface area contributed by atoms with Crippen LogP contribution < -0.4 is 4.74 Å². The lowest BCUT2D eigenvalue weighted by molar-refractivity contribution is -0.0503. The number of carbonyl (C=O) groups excluding carboxylic acids is 1. The van der Waals surface area contributed by atoms with Crippen LogP contribution in [0.2, 0.25) is 0 Å². The third-order valence-electron chi connectivity index (χ3n) is 3.30. The molecule has 0 aliphatic carbocycles. The molecule has 1 aromatic carbocycles. The van der Waals surface area contributed by atoms with Crippen molar-refractivity contribution in [3.8, 4) is 11.8 Å². The minimum atomic E-state index is -2.96. The van der Waals surface area contributed by atoms with E-state index in [2.05, 4.69) is 10.8 Å². The zero-order chi connectivity index (χ0) is 14.5. The van der Waals surface area contributed by atoms with E-state index in [9.17, 15) is 13.6 Å².